The predicted molar refractivity (Wildman–Crippen MR) is 117 cm³/mol. The Labute approximate surface area is 181 Å². The lowest BCUT2D eigenvalue weighted by Crippen LogP contribution is -2.42. The second kappa shape index (κ2) is 9.00. The van der Waals surface area contributed by atoms with Gasteiger partial charge < -0.3 is 19.3 Å². The number of rotatable bonds is 6. The molecule has 0 saturated carbocycles. The van der Waals surface area contributed by atoms with E-state index in [4.69, 9.17) is 9.47 Å². The van der Waals surface area contributed by atoms with Gasteiger partial charge in [0.25, 0.3) is 5.24 Å². The fourth-order valence-corrected chi connectivity index (χ4v) is 5.06. The van der Waals surface area contributed by atoms with Gasteiger partial charge in [-0.3, -0.25) is 9.59 Å². The quantitative estimate of drug-likeness (QED) is 0.704. The highest BCUT2D eigenvalue weighted by Gasteiger charge is 2.33. The largest absolute Gasteiger partial charge is 0.493 e. The number of nitrogens with zero attached hydrogens (tertiary/aromatic N) is 2. The topological polar surface area (TPSA) is 59.1 Å². The smallest absolute Gasteiger partial charge is 0.281 e. The monoisotopic (exact) mass is 426 g/mol. The van der Waals surface area contributed by atoms with Crippen LogP contribution in [0.15, 0.2) is 42.5 Å². The number of carbonyl (C=O) groups is 2. The van der Waals surface area contributed by atoms with Gasteiger partial charge in [-0.25, -0.2) is 0 Å². The molecule has 2 amide bonds. The molecule has 1 fully saturated rings. The first kappa shape index (κ1) is 20.6. The number of ether oxygens (including phenoxy) is 2. The van der Waals surface area contributed by atoms with Gasteiger partial charge >= 0.3 is 0 Å². The lowest BCUT2D eigenvalue weighted by Gasteiger charge is -2.38. The van der Waals surface area contributed by atoms with Crippen LogP contribution in [0, 0.1) is 0 Å². The van der Waals surface area contributed by atoms with Crippen molar-refractivity contribution in [3.05, 3.63) is 59.2 Å². The van der Waals surface area contributed by atoms with Gasteiger partial charge in [-0.1, -0.05) is 42.1 Å². The van der Waals surface area contributed by atoms with Gasteiger partial charge in [0, 0.05) is 31.8 Å². The number of fused-ring (bicyclic) bond motifs is 1. The molecule has 158 valence electrons. The lowest BCUT2D eigenvalue weighted by molar-refractivity contribution is -0.133. The Morgan fingerprint density at radius 3 is 2.50 bits per heavy atom. The van der Waals surface area contributed by atoms with Gasteiger partial charge in [-0.05, 0) is 35.2 Å². The molecular formula is C23H26N2O4S. The molecule has 7 heteroatoms. The fraction of sp³-hybridized carbons (Fsp3) is 0.391. The average Bonchev–Trinajstić information content (AvgIpc) is 3.20. The van der Waals surface area contributed by atoms with E-state index >= 15 is 0 Å². The van der Waals surface area contributed by atoms with Crippen LogP contribution in [0.25, 0.3) is 0 Å². The summed E-state index contributed by atoms with van der Waals surface area (Å²) in [5, 5.41) is 0.0724. The van der Waals surface area contributed by atoms with Crippen LogP contribution in [0.4, 0.5) is 4.79 Å². The Hall–Kier alpha value is -2.67. The van der Waals surface area contributed by atoms with E-state index in [0.29, 0.717) is 31.0 Å². The molecule has 0 radical (unpaired) electrons. The summed E-state index contributed by atoms with van der Waals surface area (Å²) in [6.45, 7) is 1.82. The third-order valence-electron chi connectivity index (χ3n) is 5.75. The molecule has 0 N–H and O–H groups in total. The van der Waals surface area contributed by atoms with E-state index in [1.807, 2.05) is 35.2 Å². The molecule has 2 aromatic carbocycles. The molecule has 0 spiro atoms. The van der Waals surface area contributed by atoms with Crippen LogP contribution in [0.5, 0.6) is 11.5 Å². The maximum atomic E-state index is 13.3. The highest BCUT2D eigenvalue weighted by Crippen LogP contribution is 2.41. The van der Waals surface area contributed by atoms with E-state index in [0.717, 1.165) is 35.4 Å². The minimum Gasteiger partial charge on any atom is -0.493 e. The standard InChI is InChI=1S/C23H26N2O4S/c1-28-19-14-17-8-11-25(21(26)9-10-24-12-13-30-23(24)27)22(16-6-4-3-5-7-16)18(17)15-20(19)29-2/h3-7,14-15,22H,8-13H2,1-2H3. The minimum absolute atomic E-state index is 0.0639. The Balaban J connectivity index is 1.65. The molecule has 2 aromatic rings. The summed E-state index contributed by atoms with van der Waals surface area (Å²) in [6, 6.07) is 13.9. The molecule has 0 aromatic heterocycles. The molecule has 0 bridgehead atoms. The Kier molecular flexibility index (Phi) is 6.18. The van der Waals surface area contributed by atoms with Crippen LogP contribution in [0.2, 0.25) is 0 Å². The summed E-state index contributed by atoms with van der Waals surface area (Å²) < 4.78 is 11.0. The Morgan fingerprint density at radius 2 is 1.83 bits per heavy atom. The fourth-order valence-electron chi connectivity index (χ4n) is 4.21. The van der Waals surface area contributed by atoms with Crippen molar-refractivity contribution in [1.82, 2.24) is 9.80 Å². The summed E-state index contributed by atoms with van der Waals surface area (Å²) >= 11 is 1.32. The molecule has 2 aliphatic rings. The van der Waals surface area contributed by atoms with Gasteiger partial charge in [-0.2, -0.15) is 0 Å². The molecule has 30 heavy (non-hydrogen) atoms. The maximum Gasteiger partial charge on any atom is 0.281 e. The van der Waals surface area contributed by atoms with Gasteiger partial charge in [0.15, 0.2) is 11.5 Å². The van der Waals surface area contributed by atoms with Gasteiger partial charge in [0.05, 0.1) is 20.3 Å². The molecule has 1 atom stereocenters. The van der Waals surface area contributed by atoms with Crippen LogP contribution in [-0.4, -0.2) is 60.6 Å². The van der Waals surface area contributed by atoms with Gasteiger partial charge in [0.1, 0.15) is 0 Å². The number of amides is 2. The van der Waals surface area contributed by atoms with E-state index in [-0.39, 0.29) is 17.2 Å². The van der Waals surface area contributed by atoms with Crippen molar-refractivity contribution in [2.75, 3.05) is 39.6 Å². The van der Waals surface area contributed by atoms with E-state index in [1.165, 1.54) is 11.8 Å². The van der Waals surface area contributed by atoms with Crippen LogP contribution < -0.4 is 9.47 Å². The number of hydrogen-bond donors (Lipinski definition) is 0. The number of benzene rings is 2. The molecule has 6 nitrogen and oxygen atoms in total. The predicted octanol–water partition coefficient (Wildman–Crippen LogP) is 3.74. The summed E-state index contributed by atoms with van der Waals surface area (Å²) in [5.41, 5.74) is 3.29. The van der Waals surface area contributed by atoms with Crippen molar-refractivity contribution in [3.8, 4) is 11.5 Å². The Morgan fingerprint density at radius 1 is 1.10 bits per heavy atom. The van der Waals surface area contributed by atoms with Crippen LogP contribution in [-0.2, 0) is 11.2 Å². The number of methoxy groups -OCH3 is 2. The molecular weight excluding hydrogens is 400 g/mol. The second-order valence-electron chi connectivity index (χ2n) is 7.41. The minimum atomic E-state index is -0.189. The molecule has 2 aliphatic heterocycles. The first-order chi connectivity index (χ1) is 14.6. The molecule has 4 rings (SSSR count). The normalized spacial score (nSPS) is 18.3. The summed E-state index contributed by atoms with van der Waals surface area (Å²) in [7, 11) is 3.26. The average molecular weight is 427 g/mol. The zero-order valence-corrected chi connectivity index (χ0v) is 18.1. The zero-order valence-electron chi connectivity index (χ0n) is 17.3. The summed E-state index contributed by atoms with van der Waals surface area (Å²) in [6.07, 6.45) is 1.08. The van der Waals surface area contributed by atoms with Gasteiger partial charge in [-0.15, -0.1) is 0 Å². The van der Waals surface area contributed by atoms with Gasteiger partial charge in [0.2, 0.25) is 5.91 Å². The zero-order chi connectivity index (χ0) is 21.1. The molecule has 1 unspecified atom stereocenters. The summed E-state index contributed by atoms with van der Waals surface area (Å²) in [4.78, 5) is 28.9. The van der Waals surface area contributed by atoms with Crippen LogP contribution in [0.3, 0.4) is 0 Å². The second-order valence-corrected chi connectivity index (χ2v) is 8.45. The highest BCUT2D eigenvalue weighted by atomic mass is 32.2. The van der Waals surface area contributed by atoms with Crippen molar-refractivity contribution in [2.45, 2.75) is 18.9 Å². The van der Waals surface area contributed by atoms with E-state index < -0.39 is 0 Å². The maximum absolute atomic E-state index is 13.3. The van der Waals surface area contributed by atoms with E-state index in [9.17, 15) is 9.59 Å². The number of thioether (sulfide) groups is 1. The lowest BCUT2D eigenvalue weighted by atomic mass is 9.87. The number of carbonyl (C=O) groups excluding carboxylic acids is 2. The van der Waals surface area contributed by atoms with Crippen molar-refractivity contribution < 1.29 is 19.1 Å². The summed E-state index contributed by atoms with van der Waals surface area (Å²) in [5.74, 6) is 2.23. The molecule has 0 aliphatic carbocycles. The third kappa shape index (κ3) is 3.99. The Bertz CT molecular complexity index is 934. The number of hydrogen-bond acceptors (Lipinski definition) is 5. The van der Waals surface area contributed by atoms with Crippen molar-refractivity contribution in [3.63, 3.8) is 0 Å². The van der Waals surface area contributed by atoms with E-state index in [1.54, 1.807) is 19.1 Å². The SMILES string of the molecule is COc1cc2c(cc1OC)C(c1ccccc1)N(C(=O)CCN1CCSC1=O)CC2. The van der Waals surface area contributed by atoms with E-state index in [2.05, 4.69) is 12.1 Å². The third-order valence-corrected chi connectivity index (χ3v) is 6.64. The van der Waals surface area contributed by atoms with Crippen LogP contribution in [0.1, 0.15) is 29.2 Å². The molecule has 2 heterocycles. The first-order valence-corrected chi connectivity index (χ1v) is 11.1. The van der Waals surface area contributed by atoms with Crippen molar-refractivity contribution in [1.29, 1.82) is 0 Å². The van der Waals surface area contributed by atoms with Crippen molar-refractivity contribution >= 4 is 22.9 Å². The first-order valence-electron chi connectivity index (χ1n) is 10.1. The van der Waals surface area contributed by atoms with Crippen molar-refractivity contribution in [2.24, 2.45) is 0 Å². The molecule has 1 saturated heterocycles. The highest BCUT2D eigenvalue weighted by molar-refractivity contribution is 8.13. The van der Waals surface area contributed by atoms with Crippen LogP contribution >= 0.6 is 11.8 Å².